The van der Waals surface area contributed by atoms with Crippen LogP contribution in [0.1, 0.15) is 21.5 Å². The number of rotatable bonds is 1. The van der Waals surface area contributed by atoms with Crippen molar-refractivity contribution in [2.45, 2.75) is 0 Å². The summed E-state index contributed by atoms with van der Waals surface area (Å²) < 4.78 is 23.4. The highest BCUT2D eigenvalue weighted by molar-refractivity contribution is 6.05. The predicted octanol–water partition coefficient (Wildman–Crippen LogP) is 3.09. The first-order chi connectivity index (χ1) is 8.25. The molecule has 0 fully saturated rings. The molecule has 1 aliphatic heterocycles. The van der Waals surface area contributed by atoms with E-state index in [4.69, 9.17) is 9.15 Å². The summed E-state index contributed by atoms with van der Waals surface area (Å²) in [6, 6.07) is 6.15. The Kier molecular flexibility index (Phi) is 2.08. The lowest BCUT2D eigenvalue weighted by atomic mass is 10.1. The summed E-state index contributed by atoms with van der Waals surface area (Å²) in [6.45, 7) is 0. The van der Waals surface area contributed by atoms with Crippen LogP contribution in [0.15, 0.2) is 41.2 Å². The molecule has 0 N–H and O–H groups in total. The number of benzene rings is 1. The van der Waals surface area contributed by atoms with Crippen LogP contribution < -0.4 is 0 Å². The number of fused-ring (bicyclic) bond motifs is 1. The monoisotopic (exact) mass is 230 g/mol. The minimum atomic E-state index is -0.659. The van der Waals surface area contributed by atoms with Crippen molar-refractivity contribution in [2.75, 3.05) is 0 Å². The quantitative estimate of drug-likeness (QED) is 0.706. The molecule has 0 aliphatic carbocycles. The van der Waals surface area contributed by atoms with Crippen molar-refractivity contribution in [1.29, 1.82) is 0 Å². The molecule has 0 radical (unpaired) electrons. The van der Waals surface area contributed by atoms with Crippen LogP contribution in [0, 0.1) is 5.82 Å². The average molecular weight is 230 g/mol. The molecule has 4 heteroatoms. The SMILES string of the molecule is O=C1O/C(=C\c2ccoc2)c2cccc(F)c21. The van der Waals surface area contributed by atoms with Gasteiger partial charge in [-0.2, -0.15) is 0 Å². The number of hydrogen-bond donors (Lipinski definition) is 0. The molecule has 3 rings (SSSR count). The van der Waals surface area contributed by atoms with Gasteiger partial charge in [0.25, 0.3) is 0 Å². The number of ether oxygens (including phenoxy) is 1. The maximum atomic E-state index is 13.4. The van der Waals surface area contributed by atoms with Crippen LogP contribution >= 0.6 is 0 Å². The Hall–Kier alpha value is -2.36. The third kappa shape index (κ3) is 1.54. The van der Waals surface area contributed by atoms with E-state index in [1.165, 1.54) is 18.6 Å². The van der Waals surface area contributed by atoms with Crippen LogP contribution in [-0.4, -0.2) is 5.97 Å². The normalized spacial score (nSPS) is 16.1. The summed E-state index contributed by atoms with van der Waals surface area (Å²) >= 11 is 0. The van der Waals surface area contributed by atoms with Crippen molar-refractivity contribution in [2.24, 2.45) is 0 Å². The van der Waals surface area contributed by atoms with Gasteiger partial charge in [-0.1, -0.05) is 12.1 Å². The Morgan fingerprint density at radius 3 is 2.88 bits per heavy atom. The zero-order valence-corrected chi connectivity index (χ0v) is 8.64. The van der Waals surface area contributed by atoms with E-state index in [0.717, 1.165) is 5.56 Å². The molecule has 0 unspecified atom stereocenters. The van der Waals surface area contributed by atoms with Gasteiger partial charge in [-0.15, -0.1) is 0 Å². The molecule has 0 amide bonds. The minimum absolute atomic E-state index is 0.0118. The Balaban J connectivity index is 2.14. The highest BCUT2D eigenvalue weighted by Crippen LogP contribution is 2.32. The summed E-state index contributed by atoms with van der Waals surface area (Å²) in [5.74, 6) is -0.887. The fourth-order valence-corrected chi connectivity index (χ4v) is 1.76. The molecule has 0 saturated carbocycles. The highest BCUT2D eigenvalue weighted by atomic mass is 19.1. The van der Waals surface area contributed by atoms with E-state index in [-0.39, 0.29) is 5.56 Å². The summed E-state index contributed by atoms with van der Waals surface area (Å²) in [4.78, 5) is 11.5. The Labute approximate surface area is 96.1 Å². The number of halogens is 1. The van der Waals surface area contributed by atoms with Gasteiger partial charge in [0.15, 0.2) is 0 Å². The van der Waals surface area contributed by atoms with E-state index in [2.05, 4.69) is 0 Å². The highest BCUT2D eigenvalue weighted by Gasteiger charge is 2.29. The lowest BCUT2D eigenvalue weighted by Gasteiger charge is -1.96. The Morgan fingerprint density at radius 1 is 1.24 bits per heavy atom. The Morgan fingerprint density at radius 2 is 2.12 bits per heavy atom. The minimum Gasteiger partial charge on any atom is -0.472 e. The van der Waals surface area contributed by atoms with Crippen molar-refractivity contribution in [3.8, 4) is 0 Å². The second kappa shape index (κ2) is 3.59. The summed E-state index contributed by atoms with van der Waals surface area (Å²) in [6.07, 6.45) is 4.65. The van der Waals surface area contributed by atoms with Gasteiger partial charge in [0.2, 0.25) is 0 Å². The molecule has 0 spiro atoms. The second-order valence-corrected chi connectivity index (χ2v) is 3.62. The molecule has 17 heavy (non-hydrogen) atoms. The maximum absolute atomic E-state index is 13.4. The van der Waals surface area contributed by atoms with Crippen molar-refractivity contribution in [3.05, 3.63) is 59.3 Å². The summed E-state index contributed by atoms with van der Waals surface area (Å²) in [5, 5.41) is 0. The van der Waals surface area contributed by atoms with E-state index >= 15 is 0 Å². The van der Waals surface area contributed by atoms with E-state index in [9.17, 15) is 9.18 Å². The molecular weight excluding hydrogens is 223 g/mol. The number of furan rings is 1. The zero-order chi connectivity index (χ0) is 11.8. The molecule has 1 aromatic carbocycles. The van der Waals surface area contributed by atoms with Gasteiger partial charge in [0, 0.05) is 11.1 Å². The van der Waals surface area contributed by atoms with Gasteiger partial charge in [0.1, 0.15) is 17.1 Å². The van der Waals surface area contributed by atoms with E-state index < -0.39 is 11.8 Å². The molecule has 2 heterocycles. The number of carbonyl (C=O) groups is 1. The number of cyclic esters (lactones) is 1. The van der Waals surface area contributed by atoms with Crippen molar-refractivity contribution < 1.29 is 18.3 Å². The lowest BCUT2D eigenvalue weighted by Crippen LogP contribution is -1.96. The number of hydrogen-bond acceptors (Lipinski definition) is 3. The molecule has 0 bridgehead atoms. The van der Waals surface area contributed by atoms with Crippen LogP contribution in [0.3, 0.4) is 0 Å². The van der Waals surface area contributed by atoms with Gasteiger partial charge in [-0.05, 0) is 18.2 Å². The smallest absolute Gasteiger partial charge is 0.347 e. The second-order valence-electron chi connectivity index (χ2n) is 3.62. The molecular formula is C13H7FO3. The lowest BCUT2D eigenvalue weighted by molar-refractivity contribution is 0.0713. The Bertz CT molecular complexity index is 612. The molecule has 84 valence electrons. The number of esters is 1. The van der Waals surface area contributed by atoms with Crippen molar-refractivity contribution >= 4 is 17.8 Å². The first kappa shape index (κ1) is 9.84. The van der Waals surface area contributed by atoms with Crippen molar-refractivity contribution in [3.63, 3.8) is 0 Å². The van der Waals surface area contributed by atoms with Crippen molar-refractivity contribution in [1.82, 2.24) is 0 Å². The van der Waals surface area contributed by atoms with Gasteiger partial charge in [-0.25, -0.2) is 9.18 Å². The first-order valence-corrected chi connectivity index (χ1v) is 5.00. The number of carbonyl (C=O) groups excluding carboxylic acids is 1. The maximum Gasteiger partial charge on any atom is 0.347 e. The molecule has 1 aromatic heterocycles. The molecule has 2 aromatic rings. The summed E-state index contributed by atoms with van der Waals surface area (Å²) in [7, 11) is 0. The largest absolute Gasteiger partial charge is 0.472 e. The van der Waals surface area contributed by atoms with Crippen LogP contribution in [-0.2, 0) is 4.74 Å². The van der Waals surface area contributed by atoms with Crippen LogP contribution in [0.4, 0.5) is 4.39 Å². The van der Waals surface area contributed by atoms with E-state index in [1.807, 2.05) is 0 Å². The van der Waals surface area contributed by atoms with Gasteiger partial charge < -0.3 is 9.15 Å². The van der Waals surface area contributed by atoms with Crippen LogP contribution in [0.5, 0.6) is 0 Å². The fraction of sp³-hybridized carbons (Fsp3) is 0. The standard InChI is InChI=1S/C13H7FO3/c14-10-3-1-2-9-11(17-13(15)12(9)10)6-8-4-5-16-7-8/h1-7H/b11-6-. The first-order valence-electron chi connectivity index (χ1n) is 5.00. The fourth-order valence-electron chi connectivity index (χ4n) is 1.76. The predicted molar refractivity (Wildman–Crippen MR) is 58.4 cm³/mol. The average Bonchev–Trinajstić information content (AvgIpc) is 2.90. The zero-order valence-electron chi connectivity index (χ0n) is 8.64. The molecule has 0 saturated heterocycles. The van der Waals surface area contributed by atoms with Gasteiger partial charge >= 0.3 is 5.97 Å². The third-order valence-electron chi connectivity index (χ3n) is 2.53. The molecule has 0 atom stereocenters. The van der Waals surface area contributed by atoms with Crippen LogP contribution in [0.25, 0.3) is 11.8 Å². The van der Waals surface area contributed by atoms with Gasteiger partial charge in [-0.3, -0.25) is 0 Å². The van der Waals surface area contributed by atoms with E-state index in [0.29, 0.717) is 11.3 Å². The summed E-state index contributed by atoms with van der Waals surface area (Å²) in [5.41, 5.74) is 1.21. The van der Waals surface area contributed by atoms with E-state index in [1.54, 1.807) is 24.3 Å². The third-order valence-corrected chi connectivity index (χ3v) is 2.53. The topological polar surface area (TPSA) is 39.4 Å². The molecule has 3 nitrogen and oxygen atoms in total. The van der Waals surface area contributed by atoms with Crippen LogP contribution in [0.2, 0.25) is 0 Å². The van der Waals surface area contributed by atoms with Gasteiger partial charge in [0.05, 0.1) is 12.5 Å². The molecule has 1 aliphatic rings.